The highest BCUT2D eigenvalue weighted by Gasteiger charge is 2.04. The molecule has 0 spiro atoms. The van der Waals surface area contributed by atoms with Crippen molar-refractivity contribution in [1.82, 2.24) is 20.3 Å². The van der Waals surface area contributed by atoms with Crippen LogP contribution >= 0.6 is 0 Å². The lowest BCUT2D eigenvalue weighted by Gasteiger charge is -2.04. The lowest BCUT2D eigenvalue weighted by Crippen LogP contribution is -2.29. The zero-order valence-corrected chi connectivity index (χ0v) is 8.66. The molecule has 0 saturated heterocycles. The van der Waals surface area contributed by atoms with Crippen LogP contribution in [-0.4, -0.2) is 27.4 Å². The van der Waals surface area contributed by atoms with E-state index >= 15 is 0 Å². The van der Waals surface area contributed by atoms with Crippen LogP contribution < -0.4 is 5.32 Å². The van der Waals surface area contributed by atoms with E-state index in [9.17, 15) is 4.79 Å². The summed E-state index contributed by atoms with van der Waals surface area (Å²) < 4.78 is 1.58. The Morgan fingerprint density at radius 3 is 3.00 bits per heavy atom. The molecule has 78 valence electrons. The van der Waals surface area contributed by atoms with E-state index in [2.05, 4.69) is 22.6 Å². The molecule has 1 N–H and O–H groups in total. The maximum Gasteiger partial charge on any atom is 0.241 e. The highest BCUT2D eigenvalue weighted by Crippen LogP contribution is 1.92. The van der Waals surface area contributed by atoms with Gasteiger partial charge in [-0.05, 0) is 13.3 Å². The number of hydrogen-bond donors (Lipinski definition) is 1. The summed E-state index contributed by atoms with van der Waals surface area (Å²) in [5, 5.41) is 10.3. The summed E-state index contributed by atoms with van der Waals surface area (Å²) in [5.41, 5.74) is 0.899. The van der Waals surface area contributed by atoms with E-state index in [0.29, 0.717) is 0 Å². The molecule has 5 heteroatoms. The molecule has 0 bridgehead atoms. The predicted octanol–water partition coefficient (Wildman–Crippen LogP) is 0.503. The molecular formula is C9H16N4O. The molecule has 1 aromatic heterocycles. The highest BCUT2D eigenvalue weighted by atomic mass is 16.2. The first-order chi connectivity index (χ1) is 6.74. The molecule has 0 unspecified atom stereocenters. The Kier molecular flexibility index (Phi) is 4.10. The second-order valence-electron chi connectivity index (χ2n) is 3.24. The predicted molar refractivity (Wildman–Crippen MR) is 52.7 cm³/mol. The summed E-state index contributed by atoms with van der Waals surface area (Å²) in [6, 6.07) is 0. The van der Waals surface area contributed by atoms with Gasteiger partial charge in [-0.25, -0.2) is 4.68 Å². The van der Waals surface area contributed by atoms with E-state index in [1.165, 1.54) is 0 Å². The third-order valence-corrected chi connectivity index (χ3v) is 1.96. The smallest absolute Gasteiger partial charge is 0.241 e. The largest absolute Gasteiger partial charge is 0.354 e. The van der Waals surface area contributed by atoms with Gasteiger partial charge in [0, 0.05) is 6.54 Å². The lowest BCUT2D eigenvalue weighted by molar-refractivity contribution is -0.121. The molecule has 1 heterocycles. The highest BCUT2D eigenvalue weighted by molar-refractivity contribution is 5.75. The molecule has 0 aliphatic rings. The normalized spacial score (nSPS) is 10.1. The standard InChI is InChI=1S/C9H16N4O/c1-3-4-5-10-9(14)7-13-8(2)6-11-12-13/h6H,3-5,7H2,1-2H3,(H,10,14). The van der Waals surface area contributed by atoms with Crippen molar-refractivity contribution in [2.75, 3.05) is 6.54 Å². The minimum atomic E-state index is -0.00736. The van der Waals surface area contributed by atoms with Crippen molar-refractivity contribution in [2.24, 2.45) is 0 Å². The molecule has 0 saturated carbocycles. The molecule has 0 aromatic carbocycles. The average molecular weight is 196 g/mol. The monoisotopic (exact) mass is 196 g/mol. The van der Waals surface area contributed by atoms with E-state index in [1.54, 1.807) is 10.9 Å². The third kappa shape index (κ3) is 3.16. The molecule has 1 amide bonds. The molecule has 0 radical (unpaired) electrons. The Hall–Kier alpha value is -1.39. The summed E-state index contributed by atoms with van der Waals surface area (Å²) in [6.07, 6.45) is 3.74. The van der Waals surface area contributed by atoms with Crippen LogP contribution in [0.3, 0.4) is 0 Å². The minimum Gasteiger partial charge on any atom is -0.354 e. The maximum atomic E-state index is 11.3. The van der Waals surface area contributed by atoms with Gasteiger partial charge < -0.3 is 5.32 Å². The Morgan fingerprint density at radius 2 is 2.43 bits per heavy atom. The second kappa shape index (κ2) is 5.36. The number of aromatic nitrogens is 3. The van der Waals surface area contributed by atoms with E-state index in [4.69, 9.17) is 0 Å². The van der Waals surface area contributed by atoms with Crippen LogP contribution in [-0.2, 0) is 11.3 Å². The number of rotatable bonds is 5. The minimum absolute atomic E-state index is 0.00736. The van der Waals surface area contributed by atoms with Crippen molar-refractivity contribution in [3.63, 3.8) is 0 Å². The zero-order valence-electron chi connectivity index (χ0n) is 8.66. The number of amides is 1. The number of aryl methyl sites for hydroxylation is 1. The van der Waals surface area contributed by atoms with E-state index < -0.39 is 0 Å². The molecule has 0 fully saturated rings. The number of hydrogen-bond acceptors (Lipinski definition) is 3. The van der Waals surface area contributed by atoms with Gasteiger partial charge in [-0.3, -0.25) is 4.79 Å². The van der Waals surface area contributed by atoms with Crippen LogP contribution in [0.4, 0.5) is 0 Å². The topological polar surface area (TPSA) is 59.8 Å². The fraction of sp³-hybridized carbons (Fsp3) is 0.667. The fourth-order valence-corrected chi connectivity index (χ4v) is 1.06. The molecule has 14 heavy (non-hydrogen) atoms. The van der Waals surface area contributed by atoms with Crippen LogP contribution in [0.2, 0.25) is 0 Å². The summed E-state index contributed by atoms with van der Waals surface area (Å²) in [4.78, 5) is 11.3. The Labute approximate surface area is 83.5 Å². The Bertz CT molecular complexity index is 295. The van der Waals surface area contributed by atoms with Crippen molar-refractivity contribution >= 4 is 5.91 Å². The van der Waals surface area contributed by atoms with Gasteiger partial charge in [0.05, 0.1) is 11.9 Å². The summed E-state index contributed by atoms with van der Waals surface area (Å²) in [7, 11) is 0. The number of nitrogens with zero attached hydrogens (tertiary/aromatic N) is 3. The number of nitrogens with one attached hydrogen (secondary N) is 1. The Morgan fingerprint density at radius 1 is 1.64 bits per heavy atom. The van der Waals surface area contributed by atoms with Gasteiger partial charge in [-0.15, -0.1) is 5.10 Å². The van der Waals surface area contributed by atoms with Crippen LogP contribution in [0.5, 0.6) is 0 Å². The SMILES string of the molecule is CCCCNC(=O)Cn1nncc1C. The first-order valence-electron chi connectivity index (χ1n) is 4.86. The molecule has 1 aromatic rings. The van der Waals surface area contributed by atoms with Gasteiger partial charge in [0.1, 0.15) is 6.54 Å². The van der Waals surface area contributed by atoms with Crippen molar-refractivity contribution in [1.29, 1.82) is 0 Å². The number of carbonyl (C=O) groups excluding carboxylic acids is 1. The fourth-order valence-electron chi connectivity index (χ4n) is 1.06. The average Bonchev–Trinajstić information content (AvgIpc) is 2.52. The quantitative estimate of drug-likeness (QED) is 0.698. The molecule has 5 nitrogen and oxygen atoms in total. The second-order valence-corrected chi connectivity index (χ2v) is 3.24. The van der Waals surface area contributed by atoms with Crippen molar-refractivity contribution in [3.05, 3.63) is 11.9 Å². The summed E-state index contributed by atoms with van der Waals surface area (Å²) >= 11 is 0. The van der Waals surface area contributed by atoms with E-state index in [0.717, 1.165) is 25.1 Å². The van der Waals surface area contributed by atoms with Gasteiger partial charge >= 0.3 is 0 Å². The van der Waals surface area contributed by atoms with Crippen LogP contribution in [0.1, 0.15) is 25.5 Å². The van der Waals surface area contributed by atoms with Crippen LogP contribution in [0.25, 0.3) is 0 Å². The van der Waals surface area contributed by atoms with Crippen LogP contribution in [0.15, 0.2) is 6.20 Å². The van der Waals surface area contributed by atoms with Gasteiger partial charge in [-0.1, -0.05) is 18.6 Å². The number of carbonyl (C=O) groups is 1. The van der Waals surface area contributed by atoms with Crippen molar-refractivity contribution < 1.29 is 4.79 Å². The van der Waals surface area contributed by atoms with Crippen LogP contribution in [0, 0.1) is 6.92 Å². The van der Waals surface area contributed by atoms with Gasteiger partial charge in [0.15, 0.2) is 0 Å². The van der Waals surface area contributed by atoms with E-state index in [1.807, 2.05) is 6.92 Å². The molecular weight excluding hydrogens is 180 g/mol. The summed E-state index contributed by atoms with van der Waals surface area (Å²) in [5.74, 6) is -0.00736. The lowest BCUT2D eigenvalue weighted by atomic mass is 10.3. The first-order valence-corrected chi connectivity index (χ1v) is 4.86. The Balaban J connectivity index is 2.31. The third-order valence-electron chi connectivity index (χ3n) is 1.96. The zero-order chi connectivity index (χ0) is 10.4. The molecule has 0 aliphatic carbocycles. The molecule has 1 rings (SSSR count). The van der Waals surface area contributed by atoms with Gasteiger partial charge in [0.25, 0.3) is 0 Å². The maximum absolute atomic E-state index is 11.3. The van der Waals surface area contributed by atoms with Gasteiger partial charge in [-0.2, -0.15) is 0 Å². The van der Waals surface area contributed by atoms with Crippen molar-refractivity contribution in [2.45, 2.75) is 33.2 Å². The van der Waals surface area contributed by atoms with E-state index in [-0.39, 0.29) is 12.5 Å². The first kappa shape index (κ1) is 10.7. The van der Waals surface area contributed by atoms with Crippen molar-refractivity contribution in [3.8, 4) is 0 Å². The number of unbranched alkanes of at least 4 members (excludes halogenated alkanes) is 1. The molecule has 0 atom stereocenters. The van der Waals surface area contributed by atoms with Gasteiger partial charge in [0.2, 0.25) is 5.91 Å². The molecule has 0 aliphatic heterocycles. The summed E-state index contributed by atoms with van der Waals surface area (Å²) in [6.45, 7) is 4.96.